The fourth-order valence-electron chi connectivity index (χ4n) is 3.50. The molecule has 2 atom stereocenters. The highest BCUT2D eigenvalue weighted by Crippen LogP contribution is 2.24. The summed E-state index contributed by atoms with van der Waals surface area (Å²) in [6, 6.07) is 0.775. The third-order valence-electron chi connectivity index (χ3n) is 4.71. The molecule has 3 heteroatoms. The maximum Gasteiger partial charge on any atom is 0.0110 e. The first-order valence-electron chi connectivity index (χ1n) is 7.94. The molecule has 1 heterocycles. The van der Waals surface area contributed by atoms with Crippen LogP contribution in [0, 0.1) is 5.92 Å². The van der Waals surface area contributed by atoms with Gasteiger partial charge in [0.25, 0.3) is 0 Å². The van der Waals surface area contributed by atoms with Gasteiger partial charge in [0, 0.05) is 38.8 Å². The molecule has 3 nitrogen and oxygen atoms in total. The minimum Gasteiger partial charge on any atom is -0.314 e. The van der Waals surface area contributed by atoms with Crippen LogP contribution in [-0.4, -0.2) is 62.2 Å². The van der Waals surface area contributed by atoms with E-state index in [1.807, 2.05) is 0 Å². The van der Waals surface area contributed by atoms with Crippen LogP contribution in [0.4, 0.5) is 0 Å². The Balaban J connectivity index is 1.83. The number of nitrogens with zero attached hydrogens (tertiary/aromatic N) is 2. The Hall–Kier alpha value is -0.120. The highest BCUT2D eigenvalue weighted by molar-refractivity contribution is 4.83. The van der Waals surface area contributed by atoms with Gasteiger partial charge in [-0.1, -0.05) is 26.2 Å². The van der Waals surface area contributed by atoms with Crippen molar-refractivity contribution in [3.05, 3.63) is 0 Å². The molecule has 1 saturated carbocycles. The van der Waals surface area contributed by atoms with Crippen LogP contribution in [0.25, 0.3) is 0 Å². The highest BCUT2D eigenvalue weighted by atomic mass is 15.2. The molecule has 0 aromatic heterocycles. The van der Waals surface area contributed by atoms with Crippen molar-refractivity contribution in [1.29, 1.82) is 0 Å². The first-order valence-corrected chi connectivity index (χ1v) is 7.94. The normalized spacial score (nSPS) is 32.3. The Bertz CT molecular complexity index is 224. The number of likely N-dealkylation sites (N-methyl/N-ethyl adjacent to an activating group) is 1. The van der Waals surface area contributed by atoms with Crippen LogP contribution in [0.2, 0.25) is 0 Å². The minimum absolute atomic E-state index is 0.775. The molecule has 0 radical (unpaired) electrons. The molecule has 1 aliphatic carbocycles. The van der Waals surface area contributed by atoms with Crippen LogP contribution < -0.4 is 5.32 Å². The number of nitrogens with one attached hydrogen (secondary N) is 1. The lowest BCUT2D eigenvalue weighted by Gasteiger charge is -2.36. The van der Waals surface area contributed by atoms with Gasteiger partial charge < -0.3 is 15.1 Å². The molecule has 0 amide bonds. The van der Waals surface area contributed by atoms with Gasteiger partial charge in [0.05, 0.1) is 0 Å². The summed E-state index contributed by atoms with van der Waals surface area (Å²) >= 11 is 0. The fraction of sp³-hybridized carbons (Fsp3) is 1.00. The predicted molar refractivity (Wildman–Crippen MR) is 78.0 cm³/mol. The van der Waals surface area contributed by atoms with Gasteiger partial charge in [-0.05, 0) is 32.4 Å². The monoisotopic (exact) mass is 253 g/mol. The third-order valence-corrected chi connectivity index (χ3v) is 4.71. The van der Waals surface area contributed by atoms with Crippen molar-refractivity contribution in [1.82, 2.24) is 15.1 Å². The van der Waals surface area contributed by atoms with Gasteiger partial charge >= 0.3 is 0 Å². The zero-order chi connectivity index (χ0) is 12.8. The van der Waals surface area contributed by atoms with Crippen molar-refractivity contribution < 1.29 is 0 Å². The topological polar surface area (TPSA) is 18.5 Å². The molecule has 2 aliphatic rings. The predicted octanol–water partition coefficient (Wildman–Crippen LogP) is 1.79. The summed E-state index contributed by atoms with van der Waals surface area (Å²) < 4.78 is 0. The molecule has 1 saturated heterocycles. The molecular formula is C15H31N3. The lowest BCUT2D eigenvalue weighted by atomic mass is 9.93. The average molecular weight is 253 g/mol. The first kappa shape index (κ1) is 14.3. The van der Waals surface area contributed by atoms with Gasteiger partial charge in [-0.15, -0.1) is 0 Å². The van der Waals surface area contributed by atoms with E-state index in [1.165, 1.54) is 64.8 Å². The lowest BCUT2D eigenvalue weighted by Crippen LogP contribution is -2.49. The summed E-state index contributed by atoms with van der Waals surface area (Å²) in [6.07, 6.45) is 7.15. The summed E-state index contributed by atoms with van der Waals surface area (Å²) in [4.78, 5) is 5.14. The summed E-state index contributed by atoms with van der Waals surface area (Å²) in [5.74, 6) is 0.885. The summed E-state index contributed by atoms with van der Waals surface area (Å²) in [6.45, 7) is 9.74. The van der Waals surface area contributed by atoms with Crippen molar-refractivity contribution in [2.45, 2.75) is 45.1 Å². The number of hydrogen-bond acceptors (Lipinski definition) is 3. The Labute approximate surface area is 113 Å². The van der Waals surface area contributed by atoms with E-state index in [0.29, 0.717) is 0 Å². The molecule has 2 fully saturated rings. The zero-order valence-electron chi connectivity index (χ0n) is 12.3. The quantitative estimate of drug-likeness (QED) is 0.771. The van der Waals surface area contributed by atoms with E-state index in [9.17, 15) is 0 Å². The summed E-state index contributed by atoms with van der Waals surface area (Å²) in [7, 11) is 2.24. The van der Waals surface area contributed by atoms with Gasteiger partial charge in [0.15, 0.2) is 0 Å². The van der Waals surface area contributed by atoms with Gasteiger partial charge in [-0.2, -0.15) is 0 Å². The van der Waals surface area contributed by atoms with Crippen LogP contribution in [0.5, 0.6) is 0 Å². The number of piperazine rings is 1. The van der Waals surface area contributed by atoms with Crippen LogP contribution >= 0.6 is 0 Å². The third kappa shape index (κ3) is 4.22. The minimum atomic E-state index is 0.775. The molecule has 106 valence electrons. The smallest absolute Gasteiger partial charge is 0.0110 e. The number of rotatable bonds is 4. The SMILES string of the molecule is CCNC1CCCCCC1CN1CCN(C)CC1. The molecule has 2 unspecified atom stereocenters. The Kier molecular flexibility index (Phi) is 5.93. The first-order chi connectivity index (χ1) is 8.79. The molecule has 0 spiro atoms. The Morgan fingerprint density at radius 1 is 1.00 bits per heavy atom. The van der Waals surface area contributed by atoms with E-state index in [1.54, 1.807) is 0 Å². The van der Waals surface area contributed by atoms with Gasteiger partial charge in [0.1, 0.15) is 0 Å². The molecule has 18 heavy (non-hydrogen) atoms. The highest BCUT2D eigenvalue weighted by Gasteiger charge is 2.26. The standard InChI is InChI=1S/C15H31N3/c1-3-16-15-8-6-4-5-7-14(15)13-18-11-9-17(2)10-12-18/h14-16H,3-13H2,1-2H3. The van der Waals surface area contributed by atoms with Gasteiger partial charge in [0.2, 0.25) is 0 Å². The van der Waals surface area contributed by atoms with Crippen molar-refractivity contribution in [3.63, 3.8) is 0 Å². The second kappa shape index (κ2) is 7.46. The van der Waals surface area contributed by atoms with E-state index in [4.69, 9.17) is 0 Å². The largest absolute Gasteiger partial charge is 0.314 e. The molecular weight excluding hydrogens is 222 g/mol. The van der Waals surface area contributed by atoms with E-state index < -0.39 is 0 Å². The molecule has 1 aliphatic heterocycles. The molecule has 0 aromatic rings. The van der Waals surface area contributed by atoms with E-state index in [2.05, 4.69) is 29.1 Å². The van der Waals surface area contributed by atoms with Crippen molar-refractivity contribution in [3.8, 4) is 0 Å². The van der Waals surface area contributed by atoms with Crippen LogP contribution in [-0.2, 0) is 0 Å². The number of hydrogen-bond donors (Lipinski definition) is 1. The maximum absolute atomic E-state index is 3.74. The average Bonchev–Trinajstić information content (AvgIpc) is 2.59. The van der Waals surface area contributed by atoms with Crippen molar-refractivity contribution >= 4 is 0 Å². The van der Waals surface area contributed by atoms with Gasteiger partial charge in [-0.3, -0.25) is 0 Å². The summed E-state index contributed by atoms with van der Waals surface area (Å²) in [5, 5.41) is 3.74. The Morgan fingerprint density at radius 2 is 1.72 bits per heavy atom. The molecule has 2 rings (SSSR count). The summed E-state index contributed by atoms with van der Waals surface area (Å²) in [5.41, 5.74) is 0. The van der Waals surface area contributed by atoms with Gasteiger partial charge in [-0.25, -0.2) is 0 Å². The fourth-order valence-corrected chi connectivity index (χ4v) is 3.50. The van der Waals surface area contributed by atoms with Crippen LogP contribution in [0.3, 0.4) is 0 Å². The van der Waals surface area contributed by atoms with Crippen LogP contribution in [0.15, 0.2) is 0 Å². The second-order valence-electron chi connectivity index (χ2n) is 6.17. The Morgan fingerprint density at radius 3 is 2.44 bits per heavy atom. The van der Waals surface area contributed by atoms with Crippen molar-refractivity contribution in [2.75, 3.05) is 46.3 Å². The van der Waals surface area contributed by atoms with Crippen LogP contribution in [0.1, 0.15) is 39.0 Å². The second-order valence-corrected chi connectivity index (χ2v) is 6.17. The maximum atomic E-state index is 3.74. The molecule has 0 aromatic carbocycles. The van der Waals surface area contributed by atoms with E-state index in [-0.39, 0.29) is 0 Å². The van der Waals surface area contributed by atoms with Crippen molar-refractivity contribution in [2.24, 2.45) is 5.92 Å². The molecule has 1 N–H and O–H groups in total. The lowest BCUT2D eigenvalue weighted by molar-refractivity contribution is 0.123. The molecule has 0 bridgehead atoms. The van der Waals surface area contributed by atoms with E-state index in [0.717, 1.165) is 18.5 Å². The zero-order valence-corrected chi connectivity index (χ0v) is 12.3. The van der Waals surface area contributed by atoms with E-state index >= 15 is 0 Å².